The van der Waals surface area contributed by atoms with Gasteiger partial charge in [0.15, 0.2) is 0 Å². The monoisotopic (exact) mass is 193 g/mol. The van der Waals surface area contributed by atoms with Crippen molar-refractivity contribution in [2.75, 3.05) is 6.54 Å². The van der Waals surface area contributed by atoms with Crippen LogP contribution in [0, 0.1) is 17.8 Å². The van der Waals surface area contributed by atoms with Crippen molar-refractivity contribution in [3.05, 3.63) is 0 Å². The van der Waals surface area contributed by atoms with Crippen LogP contribution in [0.5, 0.6) is 0 Å². The zero-order valence-electron chi connectivity index (χ0n) is 9.60. The summed E-state index contributed by atoms with van der Waals surface area (Å²) in [6.45, 7) is 5.52. The van der Waals surface area contributed by atoms with Crippen molar-refractivity contribution in [2.24, 2.45) is 5.41 Å². The molecule has 0 aromatic heterocycles. The highest BCUT2D eigenvalue weighted by atomic mass is 14.9. The first-order valence-electron chi connectivity index (χ1n) is 5.98. The van der Waals surface area contributed by atoms with E-state index in [1.54, 1.807) is 0 Å². The molecule has 0 amide bonds. The first-order valence-corrected chi connectivity index (χ1v) is 5.98. The summed E-state index contributed by atoms with van der Waals surface area (Å²) in [5.74, 6) is 2.96. The largest absolute Gasteiger partial charge is 0.303 e. The summed E-state index contributed by atoms with van der Waals surface area (Å²) in [4.78, 5) is 0. The highest BCUT2D eigenvalue weighted by molar-refractivity contribution is 5.09. The van der Waals surface area contributed by atoms with Crippen molar-refractivity contribution in [1.29, 1.82) is 0 Å². The molecule has 0 aromatic carbocycles. The Bertz CT molecular complexity index is 196. The number of hydrogen-bond acceptors (Lipinski definition) is 1. The number of hydrogen-bond donors (Lipinski definition) is 1. The van der Waals surface area contributed by atoms with E-state index in [1.165, 1.54) is 32.1 Å². The molecule has 1 N–H and O–H groups in total. The van der Waals surface area contributed by atoms with Crippen molar-refractivity contribution in [2.45, 2.75) is 58.4 Å². The smallest absolute Gasteiger partial charge is 0.0743 e. The summed E-state index contributed by atoms with van der Waals surface area (Å²) >= 11 is 0. The Balaban J connectivity index is 2.60. The molecule has 14 heavy (non-hydrogen) atoms. The van der Waals surface area contributed by atoms with E-state index in [1.807, 2.05) is 0 Å². The first kappa shape index (κ1) is 11.6. The minimum absolute atomic E-state index is 0.301. The van der Waals surface area contributed by atoms with Crippen LogP contribution in [0.1, 0.15) is 52.4 Å². The molecule has 0 saturated heterocycles. The van der Waals surface area contributed by atoms with Gasteiger partial charge in [-0.05, 0) is 37.6 Å². The van der Waals surface area contributed by atoms with Gasteiger partial charge in [-0.2, -0.15) is 0 Å². The third-order valence-electron chi connectivity index (χ3n) is 3.68. The molecular weight excluding hydrogens is 170 g/mol. The predicted molar refractivity (Wildman–Crippen MR) is 62.1 cm³/mol. The second kappa shape index (κ2) is 5.41. The lowest BCUT2D eigenvalue weighted by Gasteiger charge is -2.34. The molecule has 1 fully saturated rings. The van der Waals surface area contributed by atoms with E-state index in [9.17, 15) is 0 Å². The Morgan fingerprint density at radius 1 is 1.36 bits per heavy atom. The van der Waals surface area contributed by atoms with E-state index in [0.29, 0.717) is 11.5 Å². The zero-order valence-corrected chi connectivity index (χ0v) is 9.60. The zero-order chi connectivity index (χ0) is 10.4. The van der Waals surface area contributed by atoms with Gasteiger partial charge >= 0.3 is 0 Å². The van der Waals surface area contributed by atoms with E-state index in [0.717, 1.165) is 13.0 Å². The summed E-state index contributed by atoms with van der Waals surface area (Å²) < 4.78 is 0. The second-order valence-corrected chi connectivity index (χ2v) is 4.48. The van der Waals surface area contributed by atoms with Crippen LogP contribution >= 0.6 is 0 Å². The topological polar surface area (TPSA) is 12.0 Å². The van der Waals surface area contributed by atoms with Gasteiger partial charge in [0.2, 0.25) is 0 Å². The average Bonchev–Trinajstić information content (AvgIpc) is 2.69. The van der Waals surface area contributed by atoms with Gasteiger partial charge in [0.1, 0.15) is 0 Å². The molecule has 0 aliphatic heterocycles. The molecule has 0 bridgehead atoms. The van der Waals surface area contributed by atoms with Gasteiger partial charge in [0.25, 0.3) is 0 Å². The normalized spacial score (nSPS) is 21.8. The van der Waals surface area contributed by atoms with Crippen molar-refractivity contribution >= 4 is 0 Å². The molecule has 0 radical (unpaired) electrons. The fourth-order valence-corrected chi connectivity index (χ4v) is 2.67. The molecule has 0 aromatic rings. The molecule has 1 heteroatoms. The Morgan fingerprint density at radius 2 is 2.00 bits per heavy atom. The lowest BCUT2D eigenvalue weighted by Crippen LogP contribution is -2.42. The molecular formula is C13H23N. The highest BCUT2D eigenvalue weighted by Crippen LogP contribution is 2.43. The summed E-state index contributed by atoms with van der Waals surface area (Å²) in [7, 11) is 0. The maximum atomic E-state index is 5.64. The van der Waals surface area contributed by atoms with Crippen LogP contribution in [0.3, 0.4) is 0 Å². The summed E-state index contributed by atoms with van der Waals surface area (Å²) in [5.41, 5.74) is 0.407. The van der Waals surface area contributed by atoms with Gasteiger partial charge in [-0.1, -0.05) is 32.6 Å². The third kappa shape index (κ3) is 2.30. The van der Waals surface area contributed by atoms with Crippen LogP contribution in [-0.4, -0.2) is 12.6 Å². The molecule has 1 aliphatic rings. The minimum atomic E-state index is 0.301. The van der Waals surface area contributed by atoms with Crippen LogP contribution in [0.15, 0.2) is 0 Å². The standard InChI is InChI=1S/C13H23N/c1-4-11-14-12(5-2)13(6-3)9-7-8-10-13/h2,12,14H,4,6-11H2,1,3H3. The minimum Gasteiger partial charge on any atom is -0.303 e. The lowest BCUT2D eigenvalue weighted by molar-refractivity contribution is 0.226. The Hall–Kier alpha value is -0.480. The van der Waals surface area contributed by atoms with Crippen molar-refractivity contribution < 1.29 is 0 Å². The summed E-state index contributed by atoms with van der Waals surface area (Å²) in [6, 6.07) is 0.301. The molecule has 1 rings (SSSR count). The van der Waals surface area contributed by atoms with E-state index in [2.05, 4.69) is 25.1 Å². The van der Waals surface area contributed by atoms with E-state index in [4.69, 9.17) is 6.42 Å². The van der Waals surface area contributed by atoms with Crippen molar-refractivity contribution in [3.8, 4) is 12.3 Å². The first-order chi connectivity index (χ1) is 6.79. The fraction of sp³-hybridized carbons (Fsp3) is 0.846. The Labute approximate surface area is 88.7 Å². The molecule has 0 spiro atoms. The maximum Gasteiger partial charge on any atom is 0.0743 e. The van der Waals surface area contributed by atoms with Gasteiger partial charge in [-0.3, -0.25) is 0 Å². The molecule has 0 heterocycles. The van der Waals surface area contributed by atoms with Crippen molar-refractivity contribution in [3.63, 3.8) is 0 Å². The van der Waals surface area contributed by atoms with Gasteiger partial charge < -0.3 is 5.32 Å². The molecule has 1 aliphatic carbocycles. The van der Waals surface area contributed by atoms with Crippen LogP contribution in [0.2, 0.25) is 0 Å². The SMILES string of the molecule is C#CC(NCCC)C1(CC)CCCC1. The van der Waals surface area contributed by atoms with Gasteiger partial charge in [0.05, 0.1) is 6.04 Å². The summed E-state index contributed by atoms with van der Waals surface area (Å²) in [5, 5.41) is 3.52. The quantitative estimate of drug-likeness (QED) is 0.662. The maximum absolute atomic E-state index is 5.64. The molecule has 1 nitrogen and oxygen atoms in total. The van der Waals surface area contributed by atoms with Gasteiger partial charge in [0, 0.05) is 0 Å². The van der Waals surface area contributed by atoms with E-state index in [-0.39, 0.29) is 0 Å². The summed E-state index contributed by atoms with van der Waals surface area (Å²) in [6.07, 6.45) is 13.4. The second-order valence-electron chi connectivity index (χ2n) is 4.48. The molecule has 1 atom stereocenters. The van der Waals surface area contributed by atoms with E-state index >= 15 is 0 Å². The average molecular weight is 193 g/mol. The Kier molecular flexibility index (Phi) is 4.48. The predicted octanol–water partition coefficient (Wildman–Crippen LogP) is 2.96. The number of terminal acetylenes is 1. The van der Waals surface area contributed by atoms with Crippen molar-refractivity contribution in [1.82, 2.24) is 5.32 Å². The van der Waals surface area contributed by atoms with Crippen LogP contribution in [-0.2, 0) is 0 Å². The molecule has 1 unspecified atom stereocenters. The van der Waals surface area contributed by atoms with E-state index < -0.39 is 0 Å². The number of nitrogens with one attached hydrogen (secondary N) is 1. The molecule has 1 saturated carbocycles. The fourth-order valence-electron chi connectivity index (χ4n) is 2.67. The molecule has 80 valence electrons. The third-order valence-corrected chi connectivity index (χ3v) is 3.68. The van der Waals surface area contributed by atoms with Crippen LogP contribution in [0.4, 0.5) is 0 Å². The van der Waals surface area contributed by atoms with Gasteiger partial charge in [-0.25, -0.2) is 0 Å². The Morgan fingerprint density at radius 3 is 2.43 bits per heavy atom. The van der Waals surface area contributed by atoms with Crippen LogP contribution in [0.25, 0.3) is 0 Å². The lowest BCUT2D eigenvalue weighted by atomic mass is 9.76. The van der Waals surface area contributed by atoms with Crippen LogP contribution < -0.4 is 5.32 Å². The van der Waals surface area contributed by atoms with Gasteiger partial charge in [-0.15, -0.1) is 6.42 Å². The number of rotatable bonds is 5. The highest BCUT2D eigenvalue weighted by Gasteiger charge is 2.38.